The van der Waals surface area contributed by atoms with Crippen molar-refractivity contribution in [2.45, 2.75) is 18.2 Å². The van der Waals surface area contributed by atoms with Crippen LogP contribution in [0, 0.1) is 0 Å². The van der Waals surface area contributed by atoms with Crippen molar-refractivity contribution in [2.75, 3.05) is 6.54 Å². The molecule has 2 N–H and O–H groups in total. The van der Waals surface area contributed by atoms with Gasteiger partial charge in [-0.3, -0.25) is 4.79 Å². The summed E-state index contributed by atoms with van der Waals surface area (Å²) in [4.78, 5) is 11.3. The first-order valence-electron chi connectivity index (χ1n) is 8.43. The van der Waals surface area contributed by atoms with Gasteiger partial charge in [0.05, 0.1) is 6.10 Å². The molecule has 0 aliphatic rings. The number of aliphatic hydroxyl groups excluding tert-OH is 1. The van der Waals surface area contributed by atoms with Gasteiger partial charge in [0.2, 0.25) is 0 Å². The molecule has 3 rings (SSSR count). The molecule has 3 aromatic rings. The number of carbonyl (C=O) groups is 1. The Bertz CT molecular complexity index is 925. The van der Waals surface area contributed by atoms with E-state index in [1.165, 1.54) is 0 Å². The Balaban J connectivity index is 1.93. The van der Waals surface area contributed by atoms with Crippen molar-refractivity contribution >= 4 is 16.7 Å². The Morgan fingerprint density at radius 3 is 2.19 bits per heavy atom. The van der Waals surface area contributed by atoms with Crippen molar-refractivity contribution < 1.29 is 23.1 Å². The number of nitrogens with one attached hydrogen (secondary N) is 1. The highest BCUT2D eigenvalue weighted by Crippen LogP contribution is 2.32. The lowest BCUT2D eigenvalue weighted by atomic mass is 9.88. The number of hydrogen-bond donors (Lipinski definition) is 2. The van der Waals surface area contributed by atoms with E-state index in [4.69, 9.17) is 0 Å². The number of alkyl halides is 3. The lowest BCUT2D eigenvalue weighted by Gasteiger charge is -2.25. The molecule has 0 unspecified atom stereocenters. The van der Waals surface area contributed by atoms with Crippen molar-refractivity contribution in [1.82, 2.24) is 5.32 Å². The number of carbonyl (C=O) groups excluding carboxylic acids is 1. The minimum Gasteiger partial charge on any atom is -0.388 e. The molecule has 0 spiro atoms. The summed E-state index contributed by atoms with van der Waals surface area (Å²) < 4.78 is 37.7. The molecule has 0 saturated heterocycles. The van der Waals surface area contributed by atoms with Gasteiger partial charge in [-0.25, -0.2) is 0 Å². The van der Waals surface area contributed by atoms with E-state index in [1.54, 1.807) is 36.4 Å². The summed E-state index contributed by atoms with van der Waals surface area (Å²) in [6, 6.07) is 21.7. The second-order valence-electron chi connectivity index (χ2n) is 6.28. The maximum absolute atomic E-state index is 12.6. The van der Waals surface area contributed by atoms with E-state index in [-0.39, 0.29) is 6.54 Å². The zero-order valence-corrected chi connectivity index (χ0v) is 14.3. The molecule has 1 amide bonds. The third-order valence-corrected chi connectivity index (χ3v) is 4.46. The van der Waals surface area contributed by atoms with Crippen LogP contribution in [0.3, 0.4) is 0 Å². The Hall–Kier alpha value is -2.86. The molecular weight excluding hydrogens is 355 g/mol. The Kier molecular flexibility index (Phi) is 5.46. The van der Waals surface area contributed by atoms with E-state index < -0.39 is 24.1 Å². The molecule has 27 heavy (non-hydrogen) atoms. The number of benzene rings is 3. The van der Waals surface area contributed by atoms with Crippen molar-refractivity contribution in [3.05, 3.63) is 83.9 Å². The predicted octanol–water partition coefficient (Wildman–Crippen LogP) is 4.34. The smallest absolute Gasteiger partial charge is 0.388 e. The molecule has 2 atom stereocenters. The van der Waals surface area contributed by atoms with Crippen LogP contribution >= 0.6 is 0 Å². The quantitative estimate of drug-likeness (QED) is 0.699. The monoisotopic (exact) mass is 373 g/mol. The van der Waals surface area contributed by atoms with Gasteiger partial charge < -0.3 is 10.4 Å². The van der Waals surface area contributed by atoms with Crippen LogP contribution in [0.15, 0.2) is 72.8 Å². The number of rotatable bonds is 5. The zero-order valence-electron chi connectivity index (χ0n) is 14.3. The summed E-state index contributed by atoms with van der Waals surface area (Å²) in [7, 11) is 0. The molecule has 0 aliphatic carbocycles. The first kappa shape index (κ1) is 18.9. The first-order valence-corrected chi connectivity index (χ1v) is 8.43. The van der Waals surface area contributed by atoms with Crippen LogP contribution in [0.5, 0.6) is 0 Å². The maximum Gasteiger partial charge on any atom is 0.471 e. The molecule has 140 valence electrons. The average Bonchev–Trinajstić information content (AvgIpc) is 2.67. The van der Waals surface area contributed by atoms with Crippen molar-refractivity contribution in [3.8, 4) is 0 Å². The van der Waals surface area contributed by atoms with Crippen LogP contribution in [-0.4, -0.2) is 23.7 Å². The number of halogens is 3. The van der Waals surface area contributed by atoms with Gasteiger partial charge in [-0.15, -0.1) is 0 Å². The van der Waals surface area contributed by atoms with Gasteiger partial charge in [-0.05, 0) is 21.9 Å². The van der Waals surface area contributed by atoms with Crippen molar-refractivity contribution in [1.29, 1.82) is 0 Å². The third-order valence-electron chi connectivity index (χ3n) is 4.46. The van der Waals surface area contributed by atoms with Crippen LogP contribution in [-0.2, 0) is 4.79 Å². The zero-order chi connectivity index (χ0) is 19.4. The van der Waals surface area contributed by atoms with Gasteiger partial charge in [0.1, 0.15) is 0 Å². The summed E-state index contributed by atoms with van der Waals surface area (Å²) in [6.45, 7) is -0.341. The highest BCUT2D eigenvalue weighted by molar-refractivity contribution is 5.83. The minimum absolute atomic E-state index is 0.341. The number of aliphatic hydroxyl groups is 1. The highest BCUT2D eigenvalue weighted by Gasteiger charge is 2.39. The van der Waals surface area contributed by atoms with Crippen molar-refractivity contribution in [2.24, 2.45) is 0 Å². The van der Waals surface area contributed by atoms with Crippen LogP contribution in [0.1, 0.15) is 23.1 Å². The second-order valence-corrected chi connectivity index (χ2v) is 6.28. The molecule has 3 nitrogen and oxygen atoms in total. The molecule has 0 bridgehead atoms. The summed E-state index contributed by atoms with van der Waals surface area (Å²) in [5, 5.41) is 14.6. The number of fused-ring (bicyclic) bond motifs is 1. The summed E-state index contributed by atoms with van der Waals surface area (Å²) >= 11 is 0. The number of hydrogen-bond acceptors (Lipinski definition) is 2. The first-order chi connectivity index (χ1) is 12.9. The van der Waals surface area contributed by atoms with Crippen LogP contribution < -0.4 is 5.32 Å². The van der Waals surface area contributed by atoms with Gasteiger partial charge in [-0.2, -0.15) is 13.2 Å². The minimum atomic E-state index is -4.97. The standard InChI is InChI=1S/C21H18F3NO2/c22-21(23,24)20(27)25-13-18(19(26)15-7-2-1-3-8-15)17-11-10-14-6-4-5-9-16(14)12-17/h1-12,18-19,26H,13H2,(H,25,27)/t18-,19-/m0/s1. The van der Waals surface area contributed by atoms with Crippen molar-refractivity contribution in [3.63, 3.8) is 0 Å². The fourth-order valence-electron chi connectivity index (χ4n) is 3.04. The van der Waals surface area contributed by atoms with E-state index in [2.05, 4.69) is 0 Å². The van der Waals surface area contributed by atoms with Gasteiger partial charge in [0, 0.05) is 12.5 Å². The van der Waals surface area contributed by atoms with Crippen LogP contribution in [0.4, 0.5) is 13.2 Å². The van der Waals surface area contributed by atoms with E-state index in [9.17, 15) is 23.1 Å². The van der Waals surface area contributed by atoms with Crippen LogP contribution in [0.25, 0.3) is 10.8 Å². The average molecular weight is 373 g/mol. The van der Waals surface area contributed by atoms with Gasteiger partial charge in [0.15, 0.2) is 0 Å². The molecule has 0 aromatic heterocycles. The number of amides is 1. The molecule has 3 aromatic carbocycles. The summed E-state index contributed by atoms with van der Waals surface area (Å²) in [6.07, 6.45) is -6.04. The molecule has 0 aliphatic heterocycles. The Morgan fingerprint density at radius 1 is 0.889 bits per heavy atom. The van der Waals surface area contributed by atoms with E-state index in [0.717, 1.165) is 10.8 Å². The van der Waals surface area contributed by atoms with E-state index in [1.807, 2.05) is 41.7 Å². The normalized spacial score (nSPS) is 13.9. The SMILES string of the molecule is O=C(NC[C@@H](c1ccc2ccccc2c1)[C@@H](O)c1ccccc1)C(F)(F)F. The second kappa shape index (κ2) is 7.80. The summed E-state index contributed by atoms with van der Waals surface area (Å²) in [5.74, 6) is -2.75. The van der Waals surface area contributed by atoms with Gasteiger partial charge in [0.25, 0.3) is 0 Å². The molecular formula is C21H18F3NO2. The van der Waals surface area contributed by atoms with Crippen LogP contribution in [0.2, 0.25) is 0 Å². The molecule has 0 saturated carbocycles. The highest BCUT2D eigenvalue weighted by atomic mass is 19.4. The Morgan fingerprint density at radius 2 is 1.52 bits per heavy atom. The third kappa shape index (κ3) is 4.46. The molecule has 6 heteroatoms. The topological polar surface area (TPSA) is 49.3 Å². The Labute approximate surface area is 154 Å². The summed E-state index contributed by atoms with van der Waals surface area (Å²) in [5.41, 5.74) is 1.21. The van der Waals surface area contributed by atoms with Gasteiger partial charge in [-0.1, -0.05) is 72.8 Å². The fourth-order valence-corrected chi connectivity index (χ4v) is 3.04. The predicted molar refractivity (Wildman–Crippen MR) is 97.2 cm³/mol. The molecule has 0 heterocycles. The fraction of sp³-hybridized carbons (Fsp3) is 0.190. The largest absolute Gasteiger partial charge is 0.471 e. The van der Waals surface area contributed by atoms with Gasteiger partial charge >= 0.3 is 12.1 Å². The van der Waals surface area contributed by atoms with E-state index >= 15 is 0 Å². The lowest BCUT2D eigenvalue weighted by molar-refractivity contribution is -0.173. The molecule has 0 radical (unpaired) electrons. The van der Waals surface area contributed by atoms with E-state index in [0.29, 0.717) is 11.1 Å². The lowest BCUT2D eigenvalue weighted by Crippen LogP contribution is -2.39. The maximum atomic E-state index is 12.6. The molecule has 0 fully saturated rings.